The molecular formula is C11H15NO5. The molecule has 1 rings (SSSR count). The monoisotopic (exact) mass is 241 g/mol. The van der Waals surface area contributed by atoms with E-state index >= 15 is 0 Å². The second-order valence-electron chi connectivity index (χ2n) is 3.25. The highest BCUT2D eigenvalue weighted by Crippen LogP contribution is 2.18. The van der Waals surface area contributed by atoms with Gasteiger partial charge < -0.3 is 19.2 Å². The van der Waals surface area contributed by atoms with Crippen LogP contribution in [-0.4, -0.2) is 26.3 Å². The van der Waals surface area contributed by atoms with Crippen LogP contribution in [0.25, 0.3) is 0 Å². The Balaban J connectivity index is 2.89. The van der Waals surface area contributed by atoms with E-state index in [2.05, 4.69) is 14.8 Å². The van der Waals surface area contributed by atoms with Gasteiger partial charge in [0.2, 0.25) is 0 Å². The van der Waals surface area contributed by atoms with Crippen molar-refractivity contribution in [2.75, 3.05) is 14.2 Å². The minimum absolute atomic E-state index is 0.319. The van der Waals surface area contributed by atoms with Crippen LogP contribution in [0.4, 0.5) is 4.79 Å². The molecule has 1 atom stereocenters. The van der Waals surface area contributed by atoms with E-state index in [1.807, 2.05) is 6.92 Å². The Labute approximate surface area is 98.9 Å². The summed E-state index contributed by atoms with van der Waals surface area (Å²) >= 11 is 0. The SMILES string of the molecule is CCc1ccc([C@@H](NC(=O)OC)C(=O)OC)o1. The molecule has 0 radical (unpaired) electrons. The van der Waals surface area contributed by atoms with Crippen LogP contribution in [0, 0.1) is 0 Å². The molecule has 0 aliphatic carbocycles. The number of alkyl carbamates (subject to hydrolysis) is 1. The van der Waals surface area contributed by atoms with Gasteiger partial charge >= 0.3 is 12.1 Å². The van der Waals surface area contributed by atoms with E-state index < -0.39 is 18.1 Å². The number of amides is 1. The van der Waals surface area contributed by atoms with Gasteiger partial charge in [0.15, 0.2) is 6.04 Å². The Hall–Kier alpha value is -1.98. The zero-order valence-electron chi connectivity index (χ0n) is 9.98. The van der Waals surface area contributed by atoms with Crippen LogP contribution in [-0.2, 0) is 20.7 Å². The predicted octanol–water partition coefficient (Wildman–Crippen LogP) is 1.41. The van der Waals surface area contributed by atoms with E-state index in [1.54, 1.807) is 12.1 Å². The molecule has 0 saturated heterocycles. The van der Waals surface area contributed by atoms with E-state index in [1.165, 1.54) is 14.2 Å². The molecule has 0 fully saturated rings. The van der Waals surface area contributed by atoms with Crippen molar-refractivity contribution in [3.05, 3.63) is 23.7 Å². The number of nitrogens with one attached hydrogen (secondary N) is 1. The molecule has 6 nitrogen and oxygen atoms in total. The third-order valence-corrected chi connectivity index (χ3v) is 2.20. The molecule has 1 heterocycles. The number of ether oxygens (including phenoxy) is 2. The van der Waals surface area contributed by atoms with Gasteiger partial charge in [-0.15, -0.1) is 0 Å². The molecule has 17 heavy (non-hydrogen) atoms. The summed E-state index contributed by atoms with van der Waals surface area (Å²) < 4.78 is 14.4. The molecular weight excluding hydrogens is 226 g/mol. The molecule has 0 aliphatic rings. The van der Waals surface area contributed by atoms with Gasteiger partial charge in [-0.05, 0) is 12.1 Å². The first-order valence-electron chi connectivity index (χ1n) is 5.13. The van der Waals surface area contributed by atoms with Gasteiger partial charge in [-0.25, -0.2) is 9.59 Å². The summed E-state index contributed by atoms with van der Waals surface area (Å²) in [5, 5.41) is 2.34. The average molecular weight is 241 g/mol. The molecule has 94 valence electrons. The van der Waals surface area contributed by atoms with Gasteiger partial charge in [-0.1, -0.05) is 6.92 Å². The van der Waals surface area contributed by atoms with Crippen molar-refractivity contribution < 1.29 is 23.5 Å². The number of carbonyl (C=O) groups is 2. The first-order chi connectivity index (χ1) is 8.12. The third-order valence-electron chi connectivity index (χ3n) is 2.20. The highest BCUT2D eigenvalue weighted by atomic mass is 16.5. The number of rotatable bonds is 4. The fraction of sp³-hybridized carbons (Fsp3) is 0.455. The van der Waals surface area contributed by atoms with E-state index in [0.29, 0.717) is 12.2 Å². The van der Waals surface area contributed by atoms with Crippen LogP contribution >= 0.6 is 0 Å². The molecule has 0 aromatic carbocycles. The minimum atomic E-state index is -0.993. The molecule has 0 aliphatic heterocycles. The standard InChI is InChI=1S/C11H15NO5/c1-4-7-5-6-8(17-7)9(10(13)15-2)12-11(14)16-3/h5-6,9H,4H2,1-3H3,(H,12,14)/t9-/m1/s1. The summed E-state index contributed by atoms with van der Waals surface area (Å²) in [4.78, 5) is 22.6. The lowest BCUT2D eigenvalue weighted by Crippen LogP contribution is -2.34. The molecule has 1 amide bonds. The van der Waals surface area contributed by atoms with Gasteiger partial charge in [0.25, 0.3) is 0 Å². The lowest BCUT2D eigenvalue weighted by atomic mass is 10.2. The van der Waals surface area contributed by atoms with Gasteiger partial charge in [0.05, 0.1) is 14.2 Å². The molecule has 0 bridgehead atoms. The van der Waals surface area contributed by atoms with Gasteiger partial charge in [0.1, 0.15) is 11.5 Å². The topological polar surface area (TPSA) is 77.8 Å². The number of furan rings is 1. The maximum atomic E-state index is 11.5. The minimum Gasteiger partial charge on any atom is -0.467 e. The Bertz CT molecular complexity index is 398. The number of methoxy groups -OCH3 is 2. The van der Waals surface area contributed by atoms with E-state index in [-0.39, 0.29) is 0 Å². The molecule has 0 spiro atoms. The maximum absolute atomic E-state index is 11.5. The molecule has 1 aromatic heterocycles. The summed E-state index contributed by atoms with van der Waals surface area (Å²) in [6.07, 6.45) is -0.0265. The maximum Gasteiger partial charge on any atom is 0.407 e. The van der Waals surface area contributed by atoms with E-state index in [0.717, 1.165) is 5.76 Å². The highest BCUT2D eigenvalue weighted by molar-refractivity contribution is 5.81. The zero-order valence-corrected chi connectivity index (χ0v) is 9.98. The lowest BCUT2D eigenvalue weighted by Gasteiger charge is -2.13. The second kappa shape index (κ2) is 5.93. The van der Waals surface area contributed by atoms with Gasteiger partial charge in [0, 0.05) is 6.42 Å². The normalized spacial score (nSPS) is 11.7. The summed E-state index contributed by atoms with van der Waals surface area (Å²) in [7, 11) is 2.45. The third kappa shape index (κ3) is 3.24. The van der Waals surface area contributed by atoms with Crippen LogP contribution in [0.1, 0.15) is 24.5 Å². The van der Waals surface area contributed by atoms with Crippen molar-refractivity contribution in [2.45, 2.75) is 19.4 Å². The Kier molecular flexibility index (Phi) is 4.56. The van der Waals surface area contributed by atoms with Crippen molar-refractivity contribution in [3.63, 3.8) is 0 Å². The van der Waals surface area contributed by atoms with E-state index in [4.69, 9.17) is 4.42 Å². The average Bonchev–Trinajstić information content (AvgIpc) is 2.83. The molecule has 1 aromatic rings. The zero-order chi connectivity index (χ0) is 12.8. The van der Waals surface area contributed by atoms with Crippen molar-refractivity contribution in [1.82, 2.24) is 5.32 Å². The predicted molar refractivity (Wildman–Crippen MR) is 58.4 cm³/mol. The van der Waals surface area contributed by atoms with E-state index in [9.17, 15) is 9.59 Å². The first kappa shape index (κ1) is 13.1. The summed E-state index contributed by atoms with van der Waals surface area (Å²) in [6, 6.07) is 2.37. The summed E-state index contributed by atoms with van der Waals surface area (Å²) in [6.45, 7) is 1.92. The van der Waals surface area contributed by atoms with Crippen LogP contribution in [0.2, 0.25) is 0 Å². The fourth-order valence-corrected chi connectivity index (χ4v) is 1.28. The van der Waals surface area contributed by atoms with Crippen LogP contribution in [0.3, 0.4) is 0 Å². The molecule has 0 unspecified atom stereocenters. The van der Waals surface area contributed by atoms with Crippen molar-refractivity contribution in [3.8, 4) is 0 Å². The van der Waals surface area contributed by atoms with Gasteiger partial charge in [-0.3, -0.25) is 0 Å². The number of hydrogen-bond acceptors (Lipinski definition) is 5. The molecule has 0 saturated carbocycles. The fourth-order valence-electron chi connectivity index (χ4n) is 1.28. The number of aryl methyl sites for hydroxylation is 1. The second-order valence-corrected chi connectivity index (χ2v) is 3.25. The highest BCUT2D eigenvalue weighted by Gasteiger charge is 2.27. The Morgan fingerprint density at radius 3 is 2.53 bits per heavy atom. The molecule has 6 heteroatoms. The first-order valence-corrected chi connectivity index (χ1v) is 5.13. The van der Waals surface area contributed by atoms with Gasteiger partial charge in [-0.2, -0.15) is 0 Å². The van der Waals surface area contributed by atoms with Crippen molar-refractivity contribution in [2.24, 2.45) is 0 Å². The Morgan fingerprint density at radius 1 is 1.35 bits per heavy atom. The largest absolute Gasteiger partial charge is 0.467 e. The number of esters is 1. The summed E-state index contributed by atoms with van der Waals surface area (Å²) in [5.74, 6) is 0.423. The van der Waals surface area contributed by atoms with Crippen LogP contribution < -0.4 is 5.32 Å². The number of carbonyl (C=O) groups excluding carboxylic acids is 2. The summed E-state index contributed by atoms with van der Waals surface area (Å²) in [5.41, 5.74) is 0. The van der Waals surface area contributed by atoms with Crippen molar-refractivity contribution in [1.29, 1.82) is 0 Å². The van der Waals surface area contributed by atoms with Crippen LogP contribution in [0.15, 0.2) is 16.5 Å². The van der Waals surface area contributed by atoms with Crippen LogP contribution in [0.5, 0.6) is 0 Å². The quantitative estimate of drug-likeness (QED) is 0.806. The lowest BCUT2D eigenvalue weighted by molar-refractivity contribution is -0.143. The smallest absolute Gasteiger partial charge is 0.407 e. The molecule has 1 N–H and O–H groups in total. The number of hydrogen-bond donors (Lipinski definition) is 1. The Morgan fingerprint density at radius 2 is 2.06 bits per heavy atom. The van der Waals surface area contributed by atoms with Crippen molar-refractivity contribution >= 4 is 12.1 Å².